The van der Waals surface area contributed by atoms with Crippen LogP contribution in [0.4, 0.5) is 0 Å². The van der Waals surface area contributed by atoms with Gasteiger partial charge >= 0.3 is 0 Å². The van der Waals surface area contributed by atoms with Crippen LogP contribution < -0.4 is 5.73 Å². The lowest BCUT2D eigenvalue weighted by molar-refractivity contribution is -0.139. The summed E-state index contributed by atoms with van der Waals surface area (Å²) >= 11 is 0. The molecule has 0 aromatic heterocycles. The molecule has 116 valence electrons. The zero-order valence-corrected chi connectivity index (χ0v) is 13.2. The van der Waals surface area contributed by atoms with Crippen molar-refractivity contribution in [3.05, 3.63) is 0 Å². The molecule has 1 saturated carbocycles. The molecule has 1 aliphatic heterocycles. The molecule has 2 fully saturated rings. The van der Waals surface area contributed by atoms with E-state index < -0.39 is 0 Å². The van der Waals surface area contributed by atoms with E-state index in [-0.39, 0.29) is 5.92 Å². The number of carbonyl (C=O) groups excluding carboxylic acids is 1. The van der Waals surface area contributed by atoms with Crippen LogP contribution >= 0.6 is 0 Å². The van der Waals surface area contributed by atoms with E-state index in [1.54, 1.807) is 0 Å². The first kappa shape index (κ1) is 15.8. The minimum absolute atomic E-state index is 0.208. The van der Waals surface area contributed by atoms with Crippen LogP contribution in [0.3, 0.4) is 0 Å². The quantitative estimate of drug-likeness (QED) is 0.850. The first-order valence-electron chi connectivity index (χ1n) is 8.25. The molecule has 20 heavy (non-hydrogen) atoms. The third kappa shape index (κ3) is 3.95. The molecule has 0 spiro atoms. The summed E-state index contributed by atoms with van der Waals surface area (Å²) in [5.41, 5.74) is 5.86. The second-order valence-corrected chi connectivity index (χ2v) is 6.92. The fourth-order valence-electron chi connectivity index (χ4n) is 3.90. The second-order valence-electron chi connectivity index (χ2n) is 6.92. The van der Waals surface area contributed by atoms with Crippen LogP contribution in [-0.2, 0) is 4.79 Å². The summed E-state index contributed by atoms with van der Waals surface area (Å²) in [5, 5.41) is 0. The van der Waals surface area contributed by atoms with Gasteiger partial charge in [-0.1, -0.05) is 12.8 Å². The number of amides is 1. The van der Waals surface area contributed by atoms with E-state index in [9.17, 15) is 4.79 Å². The highest BCUT2D eigenvalue weighted by atomic mass is 16.2. The largest absolute Gasteiger partial charge is 0.342 e. The second kappa shape index (κ2) is 7.41. The summed E-state index contributed by atoms with van der Waals surface area (Å²) in [6.45, 7) is 3.72. The maximum atomic E-state index is 12.7. The van der Waals surface area contributed by atoms with Crippen LogP contribution in [0, 0.1) is 17.8 Å². The van der Waals surface area contributed by atoms with Crippen LogP contribution in [0.1, 0.15) is 38.5 Å². The summed E-state index contributed by atoms with van der Waals surface area (Å²) in [6, 6.07) is 0. The summed E-state index contributed by atoms with van der Waals surface area (Å²) in [6.07, 6.45) is 6.96. The molecule has 2 rings (SSSR count). The van der Waals surface area contributed by atoms with Gasteiger partial charge in [-0.3, -0.25) is 4.79 Å². The third-order valence-electron chi connectivity index (χ3n) is 5.08. The monoisotopic (exact) mass is 281 g/mol. The Bertz CT molecular complexity index is 311. The topological polar surface area (TPSA) is 49.6 Å². The van der Waals surface area contributed by atoms with E-state index in [0.717, 1.165) is 51.2 Å². The van der Waals surface area contributed by atoms with Crippen LogP contribution in [0.15, 0.2) is 0 Å². The molecule has 0 aromatic carbocycles. The lowest BCUT2D eigenvalue weighted by Crippen LogP contribution is -2.46. The lowest BCUT2D eigenvalue weighted by atomic mass is 9.78. The zero-order valence-electron chi connectivity index (χ0n) is 13.2. The molecule has 0 bridgehead atoms. The Hall–Kier alpha value is -0.610. The van der Waals surface area contributed by atoms with E-state index in [2.05, 4.69) is 23.9 Å². The van der Waals surface area contributed by atoms with Crippen molar-refractivity contribution in [3.8, 4) is 0 Å². The van der Waals surface area contributed by atoms with Gasteiger partial charge in [0, 0.05) is 25.6 Å². The predicted molar refractivity (Wildman–Crippen MR) is 82.4 cm³/mol. The molecule has 2 atom stereocenters. The number of hydrogen-bond donors (Lipinski definition) is 1. The number of rotatable bonds is 4. The average Bonchev–Trinajstić information content (AvgIpc) is 2.46. The van der Waals surface area contributed by atoms with Gasteiger partial charge in [0.05, 0.1) is 0 Å². The SMILES string of the molecule is CN(C)CC1CCN(C(=O)C2CCCCC2CN)CC1. The molecular weight excluding hydrogens is 250 g/mol. The lowest BCUT2D eigenvalue weighted by Gasteiger charge is -2.38. The van der Waals surface area contributed by atoms with Crippen molar-refractivity contribution in [2.45, 2.75) is 38.5 Å². The maximum Gasteiger partial charge on any atom is 0.226 e. The number of hydrogen-bond acceptors (Lipinski definition) is 3. The Morgan fingerprint density at radius 1 is 1.15 bits per heavy atom. The first-order chi connectivity index (χ1) is 9.61. The number of nitrogens with two attached hydrogens (primary N) is 1. The number of nitrogens with zero attached hydrogens (tertiary/aromatic N) is 2. The molecule has 1 heterocycles. The van der Waals surface area contributed by atoms with Gasteiger partial charge in [0.25, 0.3) is 0 Å². The van der Waals surface area contributed by atoms with Crippen molar-refractivity contribution in [2.24, 2.45) is 23.5 Å². The normalized spacial score (nSPS) is 28.9. The van der Waals surface area contributed by atoms with E-state index in [0.29, 0.717) is 18.4 Å². The molecule has 4 nitrogen and oxygen atoms in total. The van der Waals surface area contributed by atoms with Crippen LogP contribution in [0.5, 0.6) is 0 Å². The number of likely N-dealkylation sites (tertiary alicyclic amines) is 1. The summed E-state index contributed by atoms with van der Waals surface area (Å²) in [7, 11) is 4.26. The zero-order chi connectivity index (χ0) is 14.5. The molecular formula is C16H31N3O. The Labute approximate surface area is 123 Å². The molecule has 2 aliphatic rings. The van der Waals surface area contributed by atoms with Gasteiger partial charge in [0.1, 0.15) is 0 Å². The van der Waals surface area contributed by atoms with Gasteiger partial charge in [0.15, 0.2) is 0 Å². The average molecular weight is 281 g/mol. The Kier molecular flexibility index (Phi) is 5.85. The summed E-state index contributed by atoms with van der Waals surface area (Å²) in [4.78, 5) is 17.1. The highest BCUT2D eigenvalue weighted by Gasteiger charge is 2.34. The van der Waals surface area contributed by atoms with Crippen molar-refractivity contribution in [2.75, 3.05) is 40.3 Å². The van der Waals surface area contributed by atoms with Crippen LogP contribution in [-0.4, -0.2) is 56.0 Å². The van der Waals surface area contributed by atoms with Crippen molar-refractivity contribution in [1.29, 1.82) is 0 Å². The minimum atomic E-state index is 0.208. The molecule has 1 aliphatic carbocycles. The molecule has 1 saturated heterocycles. The predicted octanol–water partition coefficient (Wildman–Crippen LogP) is 1.55. The van der Waals surface area contributed by atoms with Crippen molar-refractivity contribution in [3.63, 3.8) is 0 Å². The Morgan fingerprint density at radius 3 is 2.40 bits per heavy atom. The van der Waals surface area contributed by atoms with Crippen molar-refractivity contribution < 1.29 is 4.79 Å². The van der Waals surface area contributed by atoms with Crippen molar-refractivity contribution in [1.82, 2.24) is 9.80 Å². The van der Waals surface area contributed by atoms with E-state index in [1.165, 1.54) is 12.8 Å². The molecule has 2 N–H and O–H groups in total. The molecule has 0 aromatic rings. The third-order valence-corrected chi connectivity index (χ3v) is 5.08. The molecule has 0 radical (unpaired) electrons. The van der Waals surface area contributed by atoms with Gasteiger partial charge in [-0.15, -0.1) is 0 Å². The van der Waals surface area contributed by atoms with E-state index in [4.69, 9.17) is 5.73 Å². The fourth-order valence-corrected chi connectivity index (χ4v) is 3.90. The first-order valence-corrected chi connectivity index (χ1v) is 8.25. The standard InChI is InChI=1S/C16H31N3O/c1-18(2)12-13-7-9-19(10-8-13)16(20)15-6-4-3-5-14(15)11-17/h13-15H,3-12,17H2,1-2H3. The molecule has 2 unspecified atom stereocenters. The van der Waals surface area contributed by atoms with E-state index >= 15 is 0 Å². The maximum absolute atomic E-state index is 12.7. The van der Waals surface area contributed by atoms with Gasteiger partial charge in [-0.2, -0.15) is 0 Å². The molecule has 1 amide bonds. The Balaban J connectivity index is 1.84. The van der Waals surface area contributed by atoms with Crippen LogP contribution in [0.2, 0.25) is 0 Å². The number of carbonyl (C=O) groups is 1. The molecule has 4 heteroatoms. The fraction of sp³-hybridized carbons (Fsp3) is 0.938. The summed E-state index contributed by atoms with van der Waals surface area (Å²) < 4.78 is 0. The minimum Gasteiger partial charge on any atom is -0.342 e. The van der Waals surface area contributed by atoms with Crippen LogP contribution in [0.25, 0.3) is 0 Å². The summed E-state index contributed by atoms with van der Waals surface area (Å²) in [5.74, 6) is 1.78. The smallest absolute Gasteiger partial charge is 0.226 e. The number of piperidine rings is 1. The highest BCUT2D eigenvalue weighted by molar-refractivity contribution is 5.79. The van der Waals surface area contributed by atoms with Gasteiger partial charge in [-0.25, -0.2) is 0 Å². The Morgan fingerprint density at radius 2 is 1.80 bits per heavy atom. The van der Waals surface area contributed by atoms with Crippen molar-refractivity contribution >= 4 is 5.91 Å². The van der Waals surface area contributed by atoms with E-state index in [1.807, 2.05) is 0 Å². The van der Waals surface area contributed by atoms with Gasteiger partial charge < -0.3 is 15.5 Å². The van der Waals surface area contributed by atoms with Gasteiger partial charge in [-0.05, 0) is 58.2 Å². The van der Waals surface area contributed by atoms with Gasteiger partial charge in [0.2, 0.25) is 5.91 Å². The highest BCUT2D eigenvalue weighted by Crippen LogP contribution is 2.32.